The number of aryl methyl sites for hydroxylation is 1. The second-order valence-electron chi connectivity index (χ2n) is 9.79. The Morgan fingerprint density at radius 3 is 2.70 bits per heavy atom. The molecule has 1 spiro atoms. The van der Waals surface area contributed by atoms with Gasteiger partial charge in [0.1, 0.15) is 5.54 Å². The highest BCUT2D eigenvalue weighted by Gasteiger charge is 2.65. The molecular formula is C26H29ClN4O2. The van der Waals surface area contributed by atoms with Crippen molar-refractivity contribution < 1.29 is 9.59 Å². The zero-order chi connectivity index (χ0) is 22.7. The van der Waals surface area contributed by atoms with E-state index in [0.29, 0.717) is 19.1 Å². The van der Waals surface area contributed by atoms with Gasteiger partial charge in [-0.25, -0.2) is 0 Å². The van der Waals surface area contributed by atoms with Crippen LogP contribution in [0.5, 0.6) is 0 Å². The van der Waals surface area contributed by atoms with Gasteiger partial charge < -0.3 is 15.1 Å². The van der Waals surface area contributed by atoms with E-state index in [1.165, 1.54) is 5.56 Å². The zero-order valence-electron chi connectivity index (χ0n) is 18.9. The molecule has 2 aromatic carbocycles. The SMILES string of the molecule is Cc1ccc(Cl)cc1N1CCN(C(=O)[C@@H]2C[C@H]3CCCN3[C@@]23C(=O)Nc2ccccc23)CC1. The third-order valence-electron chi connectivity index (χ3n) is 8.18. The van der Waals surface area contributed by atoms with Crippen molar-refractivity contribution in [3.8, 4) is 0 Å². The average Bonchev–Trinajstić information content (AvgIpc) is 3.49. The Morgan fingerprint density at radius 1 is 1.09 bits per heavy atom. The highest BCUT2D eigenvalue weighted by molar-refractivity contribution is 6.30. The van der Waals surface area contributed by atoms with E-state index in [2.05, 4.69) is 22.0 Å². The number of hydrogen-bond acceptors (Lipinski definition) is 4. The van der Waals surface area contributed by atoms with Crippen molar-refractivity contribution in [3.05, 3.63) is 58.6 Å². The lowest BCUT2D eigenvalue weighted by Crippen LogP contribution is -2.57. The second kappa shape index (κ2) is 7.74. The predicted octanol–water partition coefficient (Wildman–Crippen LogP) is 3.63. The molecule has 0 radical (unpaired) electrons. The van der Waals surface area contributed by atoms with Gasteiger partial charge >= 0.3 is 0 Å². The van der Waals surface area contributed by atoms with Crippen LogP contribution in [-0.4, -0.2) is 60.4 Å². The molecule has 4 aliphatic heterocycles. The third kappa shape index (κ3) is 3.03. The number of anilines is 2. The lowest BCUT2D eigenvalue weighted by Gasteiger charge is -2.41. The first-order chi connectivity index (χ1) is 16.0. The van der Waals surface area contributed by atoms with Crippen LogP contribution in [-0.2, 0) is 15.1 Å². The van der Waals surface area contributed by atoms with Gasteiger partial charge in [0.15, 0.2) is 0 Å². The summed E-state index contributed by atoms with van der Waals surface area (Å²) in [6.07, 6.45) is 2.90. The Balaban J connectivity index is 1.28. The molecule has 7 heteroatoms. The Bertz CT molecular complexity index is 1130. The molecule has 4 aliphatic rings. The summed E-state index contributed by atoms with van der Waals surface area (Å²) in [6, 6.07) is 14.2. The minimum absolute atomic E-state index is 0.0281. The molecule has 6 rings (SSSR count). The molecule has 0 unspecified atom stereocenters. The fourth-order valence-electron chi connectivity index (χ4n) is 6.67. The third-order valence-corrected chi connectivity index (χ3v) is 8.41. The van der Waals surface area contributed by atoms with Gasteiger partial charge in [0.25, 0.3) is 0 Å². The molecule has 2 amide bonds. The fourth-order valence-corrected chi connectivity index (χ4v) is 6.84. The monoisotopic (exact) mass is 464 g/mol. The van der Waals surface area contributed by atoms with Crippen molar-refractivity contribution >= 4 is 34.8 Å². The van der Waals surface area contributed by atoms with Gasteiger partial charge in [-0.1, -0.05) is 35.9 Å². The predicted molar refractivity (Wildman–Crippen MR) is 130 cm³/mol. The number of carbonyl (C=O) groups is 2. The molecule has 2 aromatic rings. The number of halogens is 1. The number of hydrogen-bond donors (Lipinski definition) is 1. The van der Waals surface area contributed by atoms with Gasteiger partial charge in [-0.15, -0.1) is 0 Å². The van der Waals surface area contributed by atoms with Crippen LogP contribution in [0.1, 0.15) is 30.4 Å². The number of rotatable bonds is 2. The average molecular weight is 465 g/mol. The van der Waals surface area contributed by atoms with E-state index in [-0.39, 0.29) is 17.7 Å². The minimum Gasteiger partial charge on any atom is -0.368 e. The van der Waals surface area contributed by atoms with Crippen molar-refractivity contribution in [2.24, 2.45) is 5.92 Å². The van der Waals surface area contributed by atoms with E-state index >= 15 is 0 Å². The Morgan fingerprint density at radius 2 is 1.88 bits per heavy atom. The molecule has 172 valence electrons. The Labute approximate surface area is 199 Å². The van der Waals surface area contributed by atoms with Crippen molar-refractivity contribution in [3.63, 3.8) is 0 Å². The number of piperazine rings is 1. The summed E-state index contributed by atoms with van der Waals surface area (Å²) in [6.45, 7) is 5.81. The van der Waals surface area contributed by atoms with Crippen molar-refractivity contribution in [2.45, 2.75) is 37.8 Å². The first kappa shape index (κ1) is 21.0. The molecule has 0 saturated carbocycles. The van der Waals surface area contributed by atoms with Gasteiger partial charge in [0.05, 0.1) is 5.92 Å². The molecule has 0 bridgehead atoms. The first-order valence-electron chi connectivity index (χ1n) is 12.0. The van der Waals surface area contributed by atoms with Crippen molar-refractivity contribution in [2.75, 3.05) is 42.9 Å². The van der Waals surface area contributed by atoms with Crippen LogP contribution in [0.3, 0.4) is 0 Å². The molecule has 1 N–H and O–H groups in total. The smallest absolute Gasteiger partial charge is 0.250 e. The quantitative estimate of drug-likeness (QED) is 0.737. The lowest BCUT2D eigenvalue weighted by molar-refractivity contribution is -0.144. The van der Waals surface area contributed by atoms with Gasteiger partial charge in [-0.3, -0.25) is 14.5 Å². The summed E-state index contributed by atoms with van der Waals surface area (Å²) in [5, 5.41) is 3.83. The molecule has 0 aliphatic carbocycles. The van der Waals surface area contributed by atoms with E-state index in [1.54, 1.807) is 0 Å². The number of benzene rings is 2. The highest BCUT2D eigenvalue weighted by atomic mass is 35.5. The normalized spacial score (nSPS) is 28.8. The van der Waals surface area contributed by atoms with Gasteiger partial charge in [0.2, 0.25) is 11.8 Å². The van der Waals surface area contributed by atoms with Crippen LogP contribution in [0.15, 0.2) is 42.5 Å². The Kier molecular flexibility index (Phi) is 4.93. The van der Waals surface area contributed by atoms with Crippen LogP contribution in [0.25, 0.3) is 0 Å². The number of nitrogens with one attached hydrogen (secondary N) is 1. The van der Waals surface area contributed by atoms with Crippen LogP contribution < -0.4 is 10.2 Å². The van der Waals surface area contributed by atoms with Crippen molar-refractivity contribution in [1.82, 2.24) is 9.80 Å². The summed E-state index contributed by atoms with van der Waals surface area (Å²) >= 11 is 6.24. The molecule has 33 heavy (non-hydrogen) atoms. The molecule has 3 atom stereocenters. The Hall–Kier alpha value is -2.57. The first-order valence-corrected chi connectivity index (χ1v) is 12.4. The van der Waals surface area contributed by atoms with E-state index in [4.69, 9.17) is 11.6 Å². The summed E-state index contributed by atoms with van der Waals surface area (Å²) in [5.74, 6) is -0.246. The van der Waals surface area contributed by atoms with Crippen LogP contribution in [0.4, 0.5) is 11.4 Å². The minimum atomic E-state index is -0.866. The van der Waals surface area contributed by atoms with Crippen LogP contribution >= 0.6 is 11.6 Å². The maximum atomic E-state index is 14.0. The fraction of sp³-hybridized carbons (Fsp3) is 0.462. The number of fused-ring (bicyclic) bond motifs is 4. The number of nitrogens with zero attached hydrogens (tertiary/aromatic N) is 3. The van der Waals surface area contributed by atoms with Gasteiger partial charge in [-0.05, 0) is 56.5 Å². The topological polar surface area (TPSA) is 55.9 Å². The number of carbonyl (C=O) groups excluding carboxylic acids is 2. The molecule has 0 aromatic heterocycles. The number of para-hydroxylation sites is 1. The van der Waals surface area contributed by atoms with Crippen molar-refractivity contribution in [1.29, 1.82) is 0 Å². The van der Waals surface area contributed by atoms with E-state index in [9.17, 15) is 9.59 Å². The molecule has 6 nitrogen and oxygen atoms in total. The molecule has 3 fully saturated rings. The molecule has 4 heterocycles. The van der Waals surface area contributed by atoms with Gasteiger partial charge in [0, 0.05) is 54.2 Å². The molecular weight excluding hydrogens is 436 g/mol. The van der Waals surface area contributed by atoms with Gasteiger partial charge in [-0.2, -0.15) is 0 Å². The summed E-state index contributed by atoms with van der Waals surface area (Å²) in [5.41, 5.74) is 3.29. The lowest BCUT2D eigenvalue weighted by atomic mass is 9.78. The second-order valence-corrected chi connectivity index (χ2v) is 10.2. The van der Waals surface area contributed by atoms with E-state index in [0.717, 1.165) is 60.9 Å². The van der Waals surface area contributed by atoms with Crippen LogP contribution in [0.2, 0.25) is 5.02 Å². The van der Waals surface area contributed by atoms with E-state index < -0.39 is 5.54 Å². The summed E-state index contributed by atoms with van der Waals surface area (Å²) in [4.78, 5) is 34.2. The van der Waals surface area contributed by atoms with E-state index in [1.807, 2.05) is 47.4 Å². The number of amides is 2. The highest BCUT2D eigenvalue weighted by Crippen LogP contribution is 2.55. The maximum absolute atomic E-state index is 14.0. The zero-order valence-corrected chi connectivity index (χ0v) is 19.6. The maximum Gasteiger partial charge on any atom is 0.250 e. The molecule has 3 saturated heterocycles. The summed E-state index contributed by atoms with van der Waals surface area (Å²) in [7, 11) is 0. The van der Waals surface area contributed by atoms with Crippen LogP contribution in [0, 0.1) is 12.8 Å². The standard InChI is InChI=1S/C26H29ClN4O2/c1-17-8-9-18(27)15-23(17)29-11-13-30(14-12-29)24(32)21-16-19-5-4-10-31(19)26(21)20-6-2-3-7-22(20)28-25(26)33/h2-3,6-9,15,19,21H,4-5,10-14,16H2,1H3,(H,28,33)/t19-,21+,26-/m1/s1. The summed E-state index contributed by atoms with van der Waals surface area (Å²) < 4.78 is 0. The largest absolute Gasteiger partial charge is 0.368 e.